The summed E-state index contributed by atoms with van der Waals surface area (Å²) in [6, 6.07) is 14.7. The molecule has 26 heavy (non-hydrogen) atoms. The van der Waals surface area contributed by atoms with Crippen molar-refractivity contribution < 1.29 is 9.59 Å². The molecule has 2 aromatic rings. The van der Waals surface area contributed by atoms with Crippen LogP contribution in [0.1, 0.15) is 25.7 Å². The number of benzene rings is 2. The summed E-state index contributed by atoms with van der Waals surface area (Å²) in [7, 11) is 0. The first-order valence-corrected chi connectivity index (χ1v) is 9.19. The number of hydrogen-bond donors (Lipinski definition) is 2. The fourth-order valence-electron chi connectivity index (χ4n) is 3.02. The van der Waals surface area contributed by atoms with Gasteiger partial charge in [-0.3, -0.25) is 9.59 Å². The van der Waals surface area contributed by atoms with E-state index in [4.69, 9.17) is 11.6 Å². The van der Waals surface area contributed by atoms with Crippen molar-refractivity contribution in [2.24, 2.45) is 0 Å². The summed E-state index contributed by atoms with van der Waals surface area (Å²) in [6.45, 7) is 2.15. The number of carbonyl (C=O) groups is 2. The van der Waals surface area contributed by atoms with E-state index in [1.165, 1.54) is 24.9 Å². The van der Waals surface area contributed by atoms with Crippen LogP contribution >= 0.6 is 11.6 Å². The van der Waals surface area contributed by atoms with Crippen molar-refractivity contribution >= 4 is 40.5 Å². The molecule has 1 heterocycles. The van der Waals surface area contributed by atoms with Gasteiger partial charge in [0, 0.05) is 24.5 Å². The number of amides is 2. The zero-order chi connectivity index (χ0) is 18.4. The van der Waals surface area contributed by atoms with E-state index in [9.17, 15) is 9.59 Å². The molecule has 1 aliphatic rings. The van der Waals surface area contributed by atoms with Crippen LogP contribution in [0.5, 0.6) is 0 Å². The van der Waals surface area contributed by atoms with Gasteiger partial charge in [0.1, 0.15) is 6.42 Å². The van der Waals surface area contributed by atoms with Crippen LogP contribution in [0.2, 0.25) is 5.02 Å². The summed E-state index contributed by atoms with van der Waals surface area (Å²) >= 11 is 5.99. The molecular formula is C20H22ClN3O2. The Morgan fingerprint density at radius 3 is 2.23 bits per heavy atom. The minimum absolute atomic E-state index is 0.265. The number of rotatable bonds is 5. The first kappa shape index (κ1) is 18.3. The molecule has 6 heteroatoms. The van der Waals surface area contributed by atoms with Crippen LogP contribution < -0.4 is 15.5 Å². The number of carbonyl (C=O) groups excluding carboxylic acids is 2. The minimum atomic E-state index is -0.402. The van der Waals surface area contributed by atoms with Crippen LogP contribution in [-0.2, 0) is 9.59 Å². The summed E-state index contributed by atoms with van der Waals surface area (Å²) < 4.78 is 0. The number of piperidine rings is 1. The summed E-state index contributed by atoms with van der Waals surface area (Å²) in [5.74, 6) is -0.763. The maximum atomic E-state index is 12.1. The Morgan fingerprint density at radius 1 is 0.885 bits per heavy atom. The van der Waals surface area contributed by atoms with Gasteiger partial charge in [-0.05, 0) is 55.7 Å². The molecule has 0 atom stereocenters. The third kappa shape index (κ3) is 4.99. The molecule has 0 unspecified atom stereocenters. The second-order valence-electron chi connectivity index (χ2n) is 6.35. The molecule has 2 amide bonds. The van der Waals surface area contributed by atoms with Gasteiger partial charge in [-0.15, -0.1) is 0 Å². The summed E-state index contributed by atoms with van der Waals surface area (Å²) in [4.78, 5) is 26.4. The standard InChI is InChI=1S/C20H22ClN3O2/c21-17-6-2-3-7-18(17)23-20(26)14-19(25)22-15-8-10-16(11-9-15)24-12-4-1-5-13-24/h2-3,6-11H,1,4-5,12-14H2,(H,22,25)(H,23,26). The molecule has 3 rings (SSSR count). The van der Waals surface area contributed by atoms with E-state index >= 15 is 0 Å². The number of anilines is 3. The lowest BCUT2D eigenvalue weighted by molar-refractivity contribution is -0.123. The lowest BCUT2D eigenvalue weighted by Gasteiger charge is -2.28. The van der Waals surface area contributed by atoms with Gasteiger partial charge in [0.05, 0.1) is 10.7 Å². The van der Waals surface area contributed by atoms with E-state index in [2.05, 4.69) is 15.5 Å². The fourth-order valence-corrected chi connectivity index (χ4v) is 3.20. The predicted molar refractivity (Wildman–Crippen MR) is 106 cm³/mol. The van der Waals surface area contributed by atoms with Gasteiger partial charge in [-0.2, -0.15) is 0 Å². The second-order valence-corrected chi connectivity index (χ2v) is 6.75. The van der Waals surface area contributed by atoms with E-state index in [1.807, 2.05) is 24.3 Å². The van der Waals surface area contributed by atoms with Gasteiger partial charge >= 0.3 is 0 Å². The van der Waals surface area contributed by atoms with Gasteiger partial charge in [-0.25, -0.2) is 0 Å². The topological polar surface area (TPSA) is 61.4 Å². The number of para-hydroxylation sites is 1. The highest BCUT2D eigenvalue weighted by Crippen LogP contribution is 2.22. The average Bonchev–Trinajstić information content (AvgIpc) is 2.65. The van der Waals surface area contributed by atoms with E-state index in [-0.39, 0.29) is 12.3 Å². The summed E-state index contributed by atoms with van der Waals surface area (Å²) in [5.41, 5.74) is 2.35. The van der Waals surface area contributed by atoms with Crippen LogP contribution in [0.15, 0.2) is 48.5 Å². The monoisotopic (exact) mass is 371 g/mol. The van der Waals surface area contributed by atoms with Gasteiger partial charge < -0.3 is 15.5 Å². The van der Waals surface area contributed by atoms with Crippen molar-refractivity contribution in [1.82, 2.24) is 0 Å². The highest BCUT2D eigenvalue weighted by Gasteiger charge is 2.13. The first-order valence-electron chi connectivity index (χ1n) is 8.81. The Bertz CT molecular complexity index is 771. The van der Waals surface area contributed by atoms with E-state index in [0.29, 0.717) is 16.4 Å². The van der Waals surface area contributed by atoms with Crippen molar-refractivity contribution in [2.75, 3.05) is 28.6 Å². The third-order valence-corrected chi connectivity index (χ3v) is 4.67. The molecule has 1 aliphatic heterocycles. The molecule has 5 nitrogen and oxygen atoms in total. The number of halogens is 1. The molecule has 2 aromatic carbocycles. The Hall–Kier alpha value is -2.53. The third-order valence-electron chi connectivity index (χ3n) is 4.34. The Labute approximate surface area is 158 Å². The average molecular weight is 372 g/mol. The number of nitrogens with zero attached hydrogens (tertiary/aromatic N) is 1. The molecule has 0 aromatic heterocycles. The summed E-state index contributed by atoms with van der Waals surface area (Å²) in [6.07, 6.45) is 3.47. The molecule has 0 aliphatic carbocycles. The molecule has 136 valence electrons. The van der Waals surface area contributed by atoms with E-state index in [1.54, 1.807) is 24.3 Å². The molecule has 0 bridgehead atoms. The van der Waals surface area contributed by atoms with Crippen LogP contribution in [0, 0.1) is 0 Å². The maximum absolute atomic E-state index is 12.1. The van der Waals surface area contributed by atoms with Gasteiger partial charge in [-0.1, -0.05) is 23.7 Å². The lowest BCUT2D eigenvalue weighted by atomic mass is 10.1. The molecule has 0 radical (unpaired) electrons. The first-order chi connectivity index (χ1) is 12.6. The lowest BCUT2D eigenvalue weighted by Crippen LogP contribution is -2.29. The molecule has 0 spiro atoms. The fraction of sp³-hybridized carbons (Fsp3) is 0.300. The van der Waals surface area contributed by atoms with Crippen molar-refractivity contribution in [3.8, 4) is 0 Å². The molecule has 1 saturated heterocycles. The van der Waals surface area contributed by atoms with E-state index in [0.717, 1.165) is 13.1 Å². The predicted octanol–water partition coefficient (Wildman–Crippen LogP) is 4.30. The quantitative estimate of drug-likeness (QED) is 0.770. The smallest absolute Gasteiger partial charge is 0.233 e. The van der Waals surface area contributed by atoms with Crippen LogP contribution in [0.3, 0.4) is 0 Å². The van der Waals surface area contributed by atoms with Crippen molar-refractivity contribution in [3.05, 3.63) is 53.6 Å². The van der Waals surface area contributed by atoms with Crippen LogP contribution in [-0.4, -0.2) is 24.9 Å². The minimum Gasteiger partial charge on any atom is -0.372 e. The normalized spacial score (nSPS) is 14.0. The van der Waals surface area contributed by atoms with Crippen molar-refractivity contribution in [3.63, 3.8) is 0 Å². The highest BCUT2D eigenvalue weighted by atomic mass is 35.5. The Balaban J connectivity index is 1.51. The number of hydrogen-bond acceptors (Lipinski definition) is 3. The molecule has 1 fully saturated rings. The number of nitrogens with one attached hydrogen (secondary N) is 2. The van der Waals surface area contributed by atoms with E-state index < -0.39 is 5.91 Å². The van der Waals surface area contributed by atoms with Crippen LogP contribution in [0.4, 0.5) is 17.1 Å². The molecule has 0 saturated carbocycles. The largest absolute Gasteiger partial charge is 0.372 e. The van der Waals surface area contributed by atoms with Gasteiger partial charge in [0.15, 0.2) is 0 Å². The van der Waals surface area contributed by atoms with Crippen molar-refractivity contribution in [2.45, 2.75) is 25.7 Å². The maximum Gasteiger partial charge on any atom is 0.233 e. The Kier molecular flexibility index (Phi) is 6.12. The zero-order valence-electron chi connectivity index (χ0n) is 14.5. The van der Waals surface area contributed by atoms with Gasteiger partial charge in [0.2, 0.25) is 11.8 Å². The van der Waals surface area contributed by atoms with Crippen molar-refractivity contribution in [1.29, 1.82) is 0 Å². The van der Waals surface area contributed by atoms with Gasteiger partial charge in [0.25, 0.3) is 0 Å². The second kappa shape index (κ2) is 8.72. The zero-order valence-corrected chi connectivity index (χ0v) is 15.3. The molecular weight excluding hydrogens is 350 g/mol. The Morgan fingerprint density at radius 2 is 1.54 bits per heavy atom. The summed E-state index contributed by atoms with van der Waals surface area (Å²) in [5, 5.41) is 5.83. The SMILES string of the molecule is O=C(CC(=O)Nc1ccccc1Cl)Nc1ccc(N2CCCCC2)cc1. The molecule has 2 N–H and O–H groups in total. The van der Waals surface area contributed by atoms with Crippen LogP contribution in [0.25, 0.3) is 0 Å². The highest BCUT2D eigenvalue weighted by molar-refractivity contribution is 6.33.